The van der Waals surface area contributed by atoms with Gasteiger partial charge in [0.05, 0.1) is 4.90 Å². The van der Waals surface area contributed by atoms with Gasteiger partial charge < -0.3 is 9.88 Å². The largest absolute Gasteiger partial charge is 0.357 e. The molecule has 0 unspecified atom stereocenters. The molecule has 2 aromatic rings. The van der Waals surface area contributed by atoms with Crippen LogP contribution in [0.5, 0.6) is 0 Å². The van der Waals surface area contributed by atoms with Gasteiger partial charge in [-0.1, -0.05) is 18.2 Å². The van der Waals surface area contributed by atoms with Gasteiger partial charge in [0.15, 0.2) is 0 Å². The molecule has 1 saturated heterocycles. The van der Waals surface area contributed by atoms with Crippen molar-refractivity contribution in [1.82, 2.24) is 14.2 Å². The molecule has 0 saturated carbocycles. The molecule has 1 N–H and O–H groups in total. The fourth-order valence-corrected chi connectivity index (χ4v) is 4.40. The smallest absolute Gasteiger partial charge is 0.270 e. The zero-order valence-electron chi connectivity index (χ0n) is 12.9. The number of sulfonamides is 1. The normalized spacial score (nSPS) is 16.5. The number of piperazine rings is 1. The highest BCUT2D eigenvalue weighted by molar-refractivity contribution is 7.89. The molecule has 1 aromatic heterocycles. The van der Waals surface area contributed by atoms with Gasteiger partial charge in [0, 0.05) is 32.4 Å². The van der Waals surface area contributed by atoms with Crippen molar-refractivity contribution < 1.29 is 13.2 Å². The number of aromatic nitrogens is 1. The summed E-state index contributed by atoms with van der Waals surface area (Å²) in [5, 5.41) is 0. The maximum absolute atomic E-state index is 12.7. The maximum atomic E-state index is 12.7. The van der Waals surface area contributed by atoms with E-state index in [1.165, 1.54) is 4.31 Å². The van der Waals surface area contributed by atoms with Crippen LogP contribution in [-0.4, -0.2) is 54.7 Å². The van der Waals surface area contributed by atoms with Crippen LogP contribution in [0, 0.1) is 6.92 Å². The number of H-pyrrole nitrogens is 1. The highest BCUT2D eigenvalue weighted by Crippen LogP contribution is 2.21. The first-order chi connectivity index (χ1) is 11.0. The Hall–Kier alpha value is -2.12. The van der Waals surface area contributed by atoms with Gasteiger partial charge in [0.2, 0.25) is 10.0 Å². The Kier molecular flexibility index (Phi) is 4.23. The van der Waals surface area contributed by atoms with Crippen LogP contribution >= 0.6 is 0 Å². The second kappa shape index (κ2) is 6.17. The predicted molar refractivity (Wildman–Crippen MR) is 86.6 cm³/mol. The molecule has 0 bridgehead atoms. The van der Waals surface area contributed by atoms with E-state index >= 15 is 0 Å². The first kappa shape index (κ1) is 15.8. The van der Waals surface area contributed by atoms with Crippen LogP contribution in [0.4, 0.5) is 0 Å². The van der Waals surface area contributed by atoms with Crippen molar-refractivity contribution in [3.63, 3.8) is 0 Å². The molecule has 23 heavy (non-hydrogen) atoms. The second-order valence-electron chi connectivity index (χ2n) is 5.55. The van der Waals surface area contributed by atoms with Crippen molar-refractivity contribution in [2.24, 2.45) is 0 Å². The third kappa shape index (κ3) is 3.02. The number of carbonyl (C=O) groups is 1. The molecular formula is C16H19N3O3S. The van der Waals surface area contributed by atoms with Crippen molar-refractivity contribution in [1.29, 1.82) is 0 Å². The summed E-state index contributed by atoms with van der Waals surface area (Å²) in [7, 11) is -3.51. The lowest BCUT2D eigenvalue weighted by atomic mass is 10.2. The molecule has 2 heterocycles. The summed E-state index contributed by atoms with van der Waals surface area (Å²) in [6.45, 7) is 3.19. The Morgan fingerprint density at radius 2 is 1.74 bits per heavy atom. The first-order valence-corrected chi connectivity index (χ1v) is 8.92. The van der Waals surface area contributed by atoms with Crippen LogP contribution in [0.25, 0.3) is 0 Å². The van der Waals surface area contributed by atoms with Crippen molar-refractivity contribution in [2.75, 3.05) is 26.2 Å². The third-order valence-corrected chi connectivity index (χ3v) is 6.12. The highest BCUT2D eigenvalue weighted by Gasteiger charge is 2.31. The van der Waals surface area contributed by atoms with Gasteiger partial charge in [0.25, 0.3) is 5.91 Å². The van der Waals surface area contributed by atoms with Crippen LogP contribution in [0.1, 0.15) is 16.1 Å². The van der Waals surface area contributed by atoms with E-state index in [4.69, 9.17) is 0 Å². The van der Waals surface area contributed by atoms with Gasteiger partial charge in [-0.3, -0.25) is 4.79 Å². The monoisotopic (exact) mass is 333 g/mol. The van der Waals surface area contributed by atoms with Gasteiger partial charge in [-0.15, -0.1) is 0 Å². The van der Waals surface area contributed by atoms with Gasteiger partial charge >= 0.3 is 0 Å². The SMILES string of the molecule is Cc1ccccc1S(=O)(=O)N1CCN(C(=O)c2ccc[nH]2)CC1. The number of nitrogens with zero attached hydrogens (tertiary/aromatic N) is 2. The van der Waals surface area contributed by atoms with E-state index in [1.807, 2.05) is 6.07 Å². The minimum atomic E-state index is -3.51. The Balaban J connectivity index is 1.72. The molecule has 1 fully saturated rings. The molecule has 6 nitrogen and oxygen atoms in total. The van der Waals surface area contributed by atoms with E-state index in [9.17, 15) is 13.2 Å². The Morgan fingerprint density at radius 1 is 1.04 bits per heavy atom. The number of amides is 1. The highest BCUT2D eigenvalue weighted by atomic mass is 32.2. The second-order valence-corrected chi connectivity index (χ2v) is 7.45. The standard InChI is InChI=1S/C16H19N3O3S/c1-13-5-2-3-7-15(13)23(21,22)19-11-9-18(10-12-19)16(20)14-6-4-8-17-14/h2-8,17H,9-12H2,1H3. The number of rotatable bonds is 3. The number of aryl methyl sites for hydroxylation is 1. The molecule has 0 radical (unpaired) electrons. The van der Waals surface area contributed by atoms with Crippen molar-refractivity contribution in [3.8, 4) is 0 Å². The maximum Gasteiger partial charge on any atom is 0.270 e. The molecule has 0 spiro atoms. The topological polar surface area (TPSA) is 73.5 Å². The van der Waals surface area contributed by atoms with E-state index in [0.29, 0.717) is 36.8 Å². The lowest BCUT2D eigenvalue weighted by molar-refractivity contribution is 0.0692. The van der Waals surface area contributed by atoms with Gasteiger partial charge in [-0.05, 0) is 30.7 Å². The van der Waals surface area contributed by atoms with Crippen LogP contribution in [0.15, 0.2) is 47.5 Å². The summed E-state index contributed by atoms with van der Waals surface area (Å²) in [6, 6.07) is 10.5. The van der Waals surface area contributed by atoms with Gasteiger partial charge in [0.1, 0.15) is 5.69 Å². The lowest BCUT2D eigenvalue weighted by Gasteiger charge is -2.34. The summed E-state index contributed by atoms with van der Waals surface area (Å²) < 4.78 is 26.9. The first-order valence-electron chi connectivity index (χ1n) is 7.48. The van der Waals surface area contributed by atoms with E-state index in [0.717, 1.165) is 5.56 Å². The predicted octanol–water partition coefficient (Wildman–Crippen LogP) is 1.47. The fraction of sp³-hybridized carbons (Fsp3) is 0.312. The fourth-order valence-electron chi connectivity index (χ4n) is 2.75. The quantitative estimate of drug-likeness (QED) is 0.924. The number of nitrogens with one attached hydrogen (secondary N) is 1. The molecule has 1 aromatic carbocycles. The zero-order chi connectivity index (χ0) is 16.4. The van der Waals surface area contributed by atoms with E-state index in [2.05, 4.69) is 4.98 Å². The number of benzene rings is 1. The molecule has 122 valence electrons. The van der Waals surface area contributed by atoms with Gasteiger partial charge in [-0.2, -0.15) is 4.31 Å². The molecule has 3 rings (SSSR count). The molecule has 1 aliphatic heterocycles. The summed E-state index contributed by atoms with van der Waals surface area (Å²) >= 11 is 0. The van der Waals surface area contributed by atoms with Gasteiger partial charge in [-0.25, -0.2) is 8.42 Å². The van der Waals surface area contributed by atoms with Crippen molar-refractivity contribution >= 4 is 15.9 Å². The molecule has 1 aliphatic rings. The van der Waals surface area contributed by atoms with Crippen LogP contribution in [0.3, 0.4) is 0 Å². The molecule has 7 heteroatoms. The van der Waals surface area contributed by atoms with Crippen molar-refractivity contribution in [3.05, 3.63) is 53.9 Å². The van der Waals surface area contributed by atoms with E-state index < -0.39 is 10.0 Å². The number of aromatic amines is 1. The lowest BCUT2D eigenvalue weighted by Crippen LogP contribution is -2.50. The minimum absolute atomic E-state index is 0.0945. The Bertz CT molecular complexity index is 792. The zero-order valence-corrected chi connectivity index (χ0v) is 13.7. The summed E-state index contributed by atoms with van der Waals surface area (Å²) in [6.07, 6.45) is 1.70. The number of carbonyl (C=O) groups excluding carboxylic acids is 1. The Morgan fingerprint density at radius 3 is 2.35 bits per heavy atom. The number of hydrogen-bond acceptors (Lipinski definition) is 3. The van der Waals surface area contributed by atoms with Crippen molar-refractivity contribution in [2.45, 2.75) is 11.8 Å². The molecule has 0 aliphatic carbocycles. The average molecular weight is 333 g/mol. The van der Waals surface area contributed by atoms with Crippen LogP contribution in [0.2, 0.25) is 0 Å². The van der Waals surface area contributed by atoms with Crippen LogP contribution in [-0.2, 0) is 10.0 Å². The molecule has 0 atom stereocenters. The molecule has 1 amide bonds. The number of hydrogen-bond donors (Lipinski definition) is 1. The molecular weight excluding hydrogens is 314 g/mol. The average Bonchev–Trinajstić information content (AvgIpc) is 3.09. The minimum Gasteiger partial charge on any atom is -0.357 e. The Labute approximate surface area is 135 Å². The third-order valence-electron chi connectivity index (χ3n) is 4.07. The summed E-state index contributed by atoms with van der Waals surface area (Å²) in [5.41, 5.74) is 1.26. The summed E-state index contributed by atoms with van der Waals surface area (Å²) in [5.74, 6) is -0.0945. The van der Waals surface area contributed by atoms with Crippen LogP contribution < -0.4 is 0 Å². The van der Waals surface area contributed by atoms with E-state index in [1.54, 1.807) is 48.4 Å². The summed E-state index contributed by atoms with van der Waals surface area (Å²) in [4.78, 5) is 17.2. The van der Waals surface area contributed by atoms with E-state index in [-0.39, 0.29) is 5.91 Å².